The largest absolute Gasteiger partial charge is 0.481 e. The minimum absolute atomic E-state index is 0.201. The number of allylic oxidation sites excluding steroid dienone is 1. The van der Waals surface area contributed by atoms with Crippen LogP contribution in [0, 0.1) is 0 Å². The van der Waals surface area contributed by atoms with Crippen molar-refractivity contribution in [2.24, 2.45) is 0 Å². The molecule has 3 nitrogen and oxygen atoms in total. The number of ether oxygens (including phenoxy) is 1. The fourth-order valence-corrected chi connectivity index (χ4v) is 1.11. The van der Waals surface area contributed by atoms with Gasteiger partial charge in [0.25, 0.3) is 0 Å². The monoisotopic (exact) mass is 182 g/mol. The van der Waals surface area contributed by atoms with Crippen LogP contribution in [-0.4, -0.2) is 23.3 Å². The van der Waals surface area contributed by atoms with Crippen molar-refractivity contribution in [3.8, 4) is 0 Å². The van der Waals surface area contributed by atoms with Gasteiger partial charge in [-0.05, 0) is 12.8 Å². The third-order valence-corrected chi connectivity index (χ3v) is 1.91. The van der Waals surface area contributed by atoms with Gasteiger partial charge in [0.2, 0.25) is 0 Å². The Morgan fingerprint density at radius 3 is 2.85 bits per heavy atom. The Labute approximate surface area is 77.7 Å². The molecule has 1 heterocycles. The van der Waals surface area contributed by atoms with Crippen molar-refractivity contribution < 1.29 is 14.6 Å². The van der Waals surface area contributed by atoms with E-state index >= 15 is 0 Å². The van der Waals surface area contributed by atoms with Crippen LogP contribution >= 0.6 is 0 Å². The standard InChI is InChI=1S/C10H14O3/c1-2-8-9(13-8)6-4-3-5-7-10(11)12/h2-4,8-9H,1,5-7H2,(H,11,12)/b4-3-. The second-order valence-electron chi connectivity index (χ2n) is 3.01. The Balaban J connectivity index is 2.00. The average Bonchev–Trinajstić information content (AvgIpc) is 2.82. The molecule has 1 aliphatic rings. The number of carboxylic acid groups (broad SMARTS) is 1. The summed E-state index contributed by atoms with van der Waals surface area (Å²) >= 11 is 0. The molecule has 0 spiro atoms. The third kappa shape index (κ3) is 3.90. The lowest BCUT2D eigenvalue weighted by molar-refractivity contribution is -0.136. The molecule has 1 saturated heterocycles. The summed E-state index contributed by atoms with van der Waals surface area (Å²) in [6.07, 6.45) is 7.79. The van der Waals surface area contributed by atoms with Crippen LogP contribution in [0.1, 0.15) is 19.3 Å². The number of carbonyl (C=O) groups is 1. The van der Waals surface area contributed by atoms with E-state index < -0.39 is 5.97 Å². The molecule has 0 aromatic rings. The van der Waals surface area contributed by atoms with E-state index in [9.17, 15) is 4.79 Å². The zero-order valence-electron chi connectivity index (χ0n) is 7.48. The quantitative estimate of drug-likeness (QED) is 0.503. The normalized spacial score (nSPS) is 26.2. The van der Waals surface area contributed by atoms with E-state index in [1.54, 1.807) is 6.08 Å². The lowest BCUT2D eigenvalue weighted by Gasteiger charge is -1.87. The van der Waals surface area contributed by atoms with Crippen molar-refractivity contribution in [1.29, 1.82) is 0 Å². The second-order valence-corrected chi connectivity index (χ2v) is 3.01. The van der Waals surface area contributed by atoms with E-state index in [2.05, 4.69) is 6.58 Å². The molecule has 2 unspecified atom stereocenters. The molecule has 13 heavy (non-hydrogen) atoms. The van der Waals surface area contributed by atoms with Gasteiger partial charge in [-0.2, -0.15) is 0 Å². The molecule has 0 amide bonds. The van der Waals surface area contributed by atoms with Gasteiger partial charge in [-0.15, -0.1) is 6.58 Å². The lowest BCUT2D eigenvalue weighted by Crippen LogP contribution is -1.92. The van der Waals surface area contributed by atoms with Gasteiger partial charge in [-0.3, -0.25) is 4.79 Å². The van der Waals surface area contributed by atoms with Crippen LogP contribution in [-0.2, 0) is 9.53 Å². The molecular weight excluding hydrogens is 168 g/mol. The van der Waals surface area contributed by atoms with Crippen molar-refractivity contribution in [2.45, 2.75) is 31.5 Å². The number of carboxylic acids is 1. The highest BCUT2D eigenvalue weighted by molar-refractivity contribution is 5.66. The first-order valence-corrected chi connectivity index (χ1v) is 4.39. The predicted molar refractivity (Wildman–Crippen MR) is 49.5 cm³/mol. The van der Waals surface area contributed by atoms with Gasteiger partial charge in [0, 0.05) is 6.42 Å². The molecular formula is C10H14O3. The van der Waals surface area contributed by atoms with Crippen LogP contribution in [0.5, 0.6) is 0 Å². The Kier molecular flexibility index (Phi) is 3.71. The molecule has 72 valence electrons. The van der Waals surface area contributed by atoms with Gasteiger partial charge in [-0.25, -0.2) is 0 Å². The van der Waals surface area contributed by atoms with Gasteiger partial charge in [-0.1, -0.05) is 18.2 Å². The zero-order chi connectivity index (χ0) is 9.68. The number of rotatable bonds is 6. The summed E-state index contributed by atoms with van der Waals surface area (Å²) in [5.41, 5.74) is 0. The number of hydrogen-bond acceptors (Lipinski definition) is 2. The summed E-state index contributed by atoms with van der Waals surface area (Å²) in [5.74, 6) is -0.753. The van der Waals surface area contributed by atoms with Crippen molar-refractivity contribution in [3.05, 3.63) is 24.8 Å². The van der Waals surface area contributed by atoms with Crippen LogP contribution in [0.2, 0.25) is 0 Å². The first-order valence-electron chi connectivity index (χ1n) is 4.39. The minimum atomic E-state index is -0.753. The first-order chi connectivity index (χ1) is 6.24. The summed E-state index contributed by atoms with van der Waals surface area (Å²) in [6.45, 7) is 3.61. The first kappa shape index (κ1) is 9.99. The Morgan fingerprint density at radius 1 is 1.54 bits per heavy atom. The molecule has 0 bridgehead atoms. The summed E-state index contributed by atoms with van der Waals surface area (Å²) in [4.78, 5) is 10.1. The zero-order valence-corrected chi connectivity index (χ0v) is 7.48. The average molecular weight is 182 g/mol. The minimum Gasteiger partial charge on any atom is -0.481 e. The Bertz CT molecular complexity index is 220. The third-order valence-electron chi connectivity index (χ3n) is 1.91. The van der Waals surface area contributed by atoms with Gasteiger partial charge in [0.05, 0.1) is 6.10 Å². The molecule has 0 aliphatic carbocycles. The van der Waals surface area contributed by atoms with Crippen LogP contribution in [0.3, 0.4) is 0 Å². The molecule has 1 fully saturated rings. The smallest absolute Gasteiger partial charge is 0.303 e. The van der Waals surface area contributed by atoms with E-state index in [0.717, 1.165) is 6.42 Å². The van der Waals surface area contributed by atoms with Gasteiger partial charge >= 0.3 is 5.97 Å². The maximum atomic E-state index is 10.1. The number of hydrogen-bond donors (Lipinski definition) is 1. The second kappa shape index (κ2) is 4.82. The number of epoxide rings is 1. The van der Waals surface area contributed by atoms with Crippen molar-refractivity contribution in [1.82, 2.24) is 0 Å². The topological polar surface area (TPSA) is 49.8 Å². The van der Waals surface area contributed by atoms with Crippen LogP contribution in [0.4, 0.5) is 0 Å². The molecule has 1 aliphatic heterocycles. The van der Waals surface area contributed by atoms with Crippen molar-refractivity contribution in [3.63, 3.8) is 0 Å². The van der Waals surface area contributed by atoms with Crippen LogP contribution < -0.4 is 0 Å². The highest BCUT2D eigenvalue weighted by Gasteiger charge is 2.34. The number of aliphatic carboxylic acids is 1. The van der Waals surface area contributed by atoms with E-state index in [-0.39, 0.29) is 18.6 Å². The van der Waals surface area contributed by atoms with Gasteiger partial charge in [0.15, 0.2) is 0 Å². The van der Waals surface area contributed by atoms with E-state index in [1.807, 2.05) is 12.2 Å². The highest BCUT2D eigenvalue weighted by Crippen LogP contribution is 2.26. The lowest BCUT2D eigenvalue weighted by atomic mass is 10.2. The van der Waals surface area contributed by atoms with E-state index in [4.69, 9.17) is 9.84 Å². The maximum Gasteiger partial charge on any atom is 0.303 e. The summed E-state index contributed by atoms with van der Waals surface area (Å²) in [5, 5.41) is 8.34. The molecule has 0 radical (unpaired) electrons. The summed E-state index contributed by atoms with van der Waals surface area (Å²) < 4.78 is 5.21. The fraction of sp³-hybridized carbons (Fsp3) is 0.500. The van der Waals surface area contributed by atoms with Crippen molar-refractivity contribution in [2.75, 3.05) is 0 Å². The molecule has 0 aromatic heterocycles. The Hall–Kier alpha value is -1.09. The summed E-state index contributed by atoms with van der Waals surface area (Å²) in [6, 6.07) is 0. The van der Waals surface area contributed by atoms with Crippen LogP contribution in [0.25, 0.3) is 0 Å². The van der Waals surface area contributed by atoms with Crippen molar-refractivity contribution >= 4 is 5.97 Å². The molecule has 1 N–H and O–H groups in total. The molecule has 0 aromatic carbocycles. The molecule has 2 atom stereocenters. The maximum absolute atomic E-state index is 10.1. The van der Waals surface area contributed by atoms with Gasteiger partial charge in [0.1, 0.15) is 6.10 Å². The highest BCUT2D eigenvalue weighted by atomic mass is 16.6. The van der Waals surface area contributed by atoms with Crippen LogP contribution in [0.15, 0.2) is 24.8 Å². The Morgan fingerprint density at radius 2 is 2.31 bits per heavy atom. The van der Waals surface area contributed by atoms with E-state index in [1.165, 1.54) is 0 Å². The SMILES string of the molecule is C=CC1OC1C/C=C\CCC(=O)O. The summed E-state index contributed by atoms with van der Waals surface area (Å²) in [7, 11) is 0. The molecule has 1 rings (SSSR count). The molecule has 0 saturated carbocycles. The van der Waals surface area contributed by atoms with E-state index in [0.29, 0.717) is 6.42 Å². The fourth-order valence-electron chi connectivity index (χ4n) is 1.11. The van der Waals surface area contributed by atoms with Gasteiger partial charge < -0.3 is 9.84 Å². The molecule has 3 heteroatoms. The predicted octanol–water partition coefficient (Wildman–Crippen LogP) is 1.75.